The summed E-state index contributed by atoms with van der Waals surface area (Å²) in [6.07, 6.45) is 2.27. The maximum Gasteiger partial charge on any atom is 0.149 e. The Hall–Kier alpha value is -2.08. The average molecular weight is 346 g/mol. The molecule has 0 bridgehead atoms. The minimum Gasteiger partial charge on any atom is -0.483 e. The Labute approximate surface area is 145 Å². The van der Waals surface area contributed by atoms with Crippen LogP contribution in [0.4, 0.5) is 0 Å². The Morgan fingerprint density at radius 2 is 2.04 bits per heavy atom. The fourth-order valence-electron chi connectivity index (χ4n) is 2.63. The monoisotopic (exact) mass is 345 g/mol. The number of imidazole rings is 1. The van der Waals surface area contributed by atoms with Gasteiger partial charge >= 0.3 is 0 Å². The van der Waals surface area contributed by atoms with E-state index in [4.69, 9.17) is 21.4 Å². The molecule has 3 N–H and O–H groups in total. The van der Waals surface area contributed by atoms with Crippen LogP contribution in [-0.2, 0) is 0 Å². The van der Waals surface area contributed by atoms with Crippen LogP contribution in [0.1, 0.15) is 18.1 Å². The number of ether oxygens (including phenoxy) is 1. The van der Waals surface area contributed by atoms with Crippen molar-refractivity contribution in [2.45, 2.75) is 12.5 Å². The number of aromatic amines is 1. The fourth-order valence-corrected chi connectivity index (χ4v) is 2.83. The molecule has 126 valence electrons. The van der Waals surface area contributed by atoms with Gasteiger partial charge in [0, 0.05) is 24.1 Å². The summed E-state index contributed by atoms with van der Waals surface area (Å²) in [6, 6.07) is 13.7. The number of halogens is 1. The van der Waals surface area contributed by atoms with E-state index in [2.05, 4.69) is 15.3 Å². The molecule has 1 atom stereocenters. The van der Waals surface area contributed by atoms with E-state index in [1.54, 1.807) is 12.4 Å². The number of nitrogens with zero attached hydrogens (tertiary/aromatic N) is 1. The van der Waals surface area contributed by atoms with Crippen LogP contribution in [0.5, 0.6) is 5.75 Å². The Bertz CT molecular complexity index is 776. The number of benzene rings is 2. The van der Waals surface area contributed by atoms with E-state index < -0.39 is 0 Å². The number of H-pyrrole nitrogens is 1. The quantitative estimate of drug-likeness (QED) is 0.548. The van der Waals surface area contributed by atoms with Gasteiger partial charge in [0.15, 0.2) is 0 Å². The van der Waals surface area contributed by atoms with E-state index in [0.717, 1.165) is 29.6 Å². The van der Waals surface area contributed by atoms with Crippen molar-refractivity contribution in [2.75, 3.05) is 19.7 Å². The lowest BCUT2D eigenvalue weighted by molar-refractivity contribution is 0.194. The largest absolute Gasteiger partial charge is 0.483 e. The van der Waals surface area contributed by atoms with Crippen LogP contribution < -0.4 is 10.1 Å². The predicted octanol–water partition coefficient (Wildman–Crippen LogP) is 3.31. The van der Waals surface area contributed by atoms with Gasteiger partial charge < -0.3 is 20.1 Å². The molecule has 6 heteroatoms. The lowest BCUT2D eigenvalue weighted by Crippen LogP contribution is -2.22. The topological polar surface area (TPSA) is 70.2 Å². The molecule has 3 aromatic rings. The van der Waals surface area contributed by atoms with Gasteiger partial charge in [-0.2, -0.15) is 0 Å². The van der Waals surface area contributed by atoms with Crippen molar-refractivity contribution in [2.24, 2.45) is 0 Å². The first-order chi connectivity index (χ1) is 11.8. The Morgan fingerprint density at radius 3 is 2.83 bits per heavy atom. The van der Waals surface area contributed by atoms with Crippen LogP contribution in [-0.4, -0.2) is 34.8 Å². The average Bonchev–Trinajstić information content (AvgIpc) is 3.06. The maximum absolute atomic E-state index is 8.89. The number of hydrogen-bond donors (Lipinski definition) is 3. The Balaban J connectivity index is 1.83. The van der Waals surface area contributed by atoms with Gasteiger partial charge in [0.25, 0.3) is 0 Å². The summed E-state index contributed by atoms with van der Waals surface area (Å²) >= 11 is 6.19. The predicted molar refractivity (Wildman–Crippen MR) is 95.5 cm³/mol. The molecule has 0 radical (unpaired) electrons. The number of rotatable bonds is 8. The van der Waals surface area contributed by atoms with E-state index in [1.807, 2.05) is 36.4 Å². The Kier molecular flexibility index (Phi) is 5.69. The van der Waals surface area contributed by atoms with Gasteiger partial charge in [0.05, 0.1) is 18.5 Å². The molecule has 1 heterocycles. The SMILES string of the molecule is OCCNCCC(Oc1cc(Cl)cc2[nH]cnc12)c1ccccc1. The van der Waals surface area contributed by atoms with Crippen molar-refractivity contribution >= 4 is 22.6 Å². The minimum atomic E-state index is -0.129. The number of hydrogen-bond acceptors (Lipinski definition) is 4. The summed E-state index contributed by atoms with van der Waals surface area (Å²) in [7, 11) is 0. The Morgan fingerprint density at radius 1 is 1.21 bits per heavy atom. The van der Waals surface area contributed by atoms with Gasteiger partial charge in [-0.25, -0.2) is 4.98 Å². The van der Waals surface area contributed by atoms with E-state index in [0.29, 0.717) is 17.3 Å². The number of nitrogens with one attached hydrogen (secondary N) is 2. The second kappa shape index (κ2) is 8.15. The summed E-state index contributed by atoms with van der Waals surface area (Å²) < 4.78 is 6.26. The van der Waals surface area contributed by atoms with Crippen molar-refractivity contribution in [3.63, 3.8) is 0 Å². The third-order valence-corrected chi connectivity index (χ3v) is 3.98. The van der Waals surface area contributed by atoms with Gasteiger partial charge in [-0.15, -0.1) is 0 Å². The number of aliphatic hydroxyl groups is 1. The molecule has 0 aliphatic heterocycles. The van der Waals surface area contributed by atoms with Crippen molar-refractivity contribution in [1.82, 2.24) is 15.3 Å². The molecule has 0 saturated carbocycles. The van der Waals surface area contributed by atoms with Gasteiger partial charge in [-0.1, -0.05) is 41.9 Å². The number of aliphatic hydroxyl groups excluding tert-OH is 1. The standard InChI is InChI=1S/C18H20ClN3O2/c19-14-10-15-18(22-12-21-15)17(11-14)24-16(6-7-20-8-9-23)13-4-2-1-3-5-13/h1-5,10-12,16,20,23H,6-9H2,(H,21,22). The van der Waals surface area contributed by atoms with Gasteiger partial charge in [0.2, 0.25) is 0 Å². The zero-order valence-corrected chi connectivity index (χ0v) is 14.0. The molecular formula is C18H20ClN3O2. The molecule has 1 unspecified atom stereocenters. The van der Waals surface area contributed by atoms with E-state index in [-0.39, 0.29) is 12.7 Å². The second-order valence-electron chi connectivity index (χ2n) is 5.48. The van der Waals surface area contributed by atoms with Gasteiger partial charge in [-0.3, -0.25) is 0 Å². The number of aromatic nitrogens is 2. The van der Waals surface area contributed by atoms with E-state index >= 15 is 0 Å². The van der Waals surface area contributed by atoms with E-state index in [9.17, 15) is 0 Å². The first-order valence-corrected chi connectivity index (χ1v) is 8.31. The lowest BCUT2D eigenvalue weighted by atomic mass is 10.1. The van der Waals surface area contributed by atoms with Crippen molar-refractivity contribution < 1.29 is 9.84 Å². The highest BCUT2D eigenvalue weighted by Crippen LogP contribution is 2.32. The van der Waals surface area contributed by atoms with Gasteiger partial charge in [-0.05, 0) is 18.2 Å². The normalized spacial score (nSPS) is 12.4. The third-order valence-electron chi connectivity index (χ3n) is 3.77. The molecular weight excluding hydrogens is 326 g/mol. The first kappa shape index (κ1) is 16.8. The summed E-state index contributed by atoms with van der Waals surface area (Å²) in [5, 5.41) is 12.7. The van der Waals surface area contributed by atoms with E-state index in [1.165, 1.54) is 0 Å². The number of fused-ring (bicyclic) bond motifs is 1. The molecule has 0 aliphatic carbocycles. The molecule has 3 rings (SSSR count). The highest BCUT2D eigenvalue weighted by Gasteiger charge is 2.16. The molecule has 0 aliphatic rings. The van der Waals surface area contributed by atoms with Gasteiger partial charge in [0.1, 0.15) is 17.4 Å². The highest BCUT2D eigenvalue weighted by atomic mass is 35.5. The molecule has 1 aromatic heterocycles. The molecule has 0 saturated heterocycles. The van der Waals surface area contributed by atoms with Crippen LogP contribution in [0.15, 0.2) is 48.8 Å². The second-order valence-corrected chi connectivity index (χ2v) is 5.92. The summed E-state index contributed by atoms with van der Waals surface area (Å²) in [6.45, 7) is 1.44. The fraction of sp³-hybridized carbons (Fsp3) is 0.278. The molecule has 0 fully saturated rings. The smallest absolute Gasteiger partial charge is 0.149 e. The molecule has 5 nitrogen and oxygen atoms in total. The van der Waals surface area contributed by atoms with Crippen LogP contribution in [0, 0.1) is 0 Å². The summed E-state index contributed by atoms with van der Waals surface area (Å²) in [5.41, 5.74) is 2.71. The molecule has 0 amide bonds. The van der Waals surface area contributed by atoms with Crippen molar-refractivity contribution in [3.8, 4) is 5.75 Å². The van der Waals surface area contributed by atoms with Crippen LogP contribution >= 0.6 is 11.6 Å². The van der Waals surface area contributed by atoms with Crippen LogP contribution in [0.25, 0.3) is 11.0 Å². The molecule has 2 aromatic carbocycles. The van der Waals surface area contributed by atoms with Crippen LogP contribution in [0.3, 0.4) is 0 Å². The first-order valence-electron chi connectivity index (χ1n) is 7.93. The summed E-state index contributed by atoms with van der Waals surface area (Å²) in [4.78, 5) is 7.39. The third kappa shape index (κ3) is 4.06. The summed E-state index contributed by atoms with van der Waals surface area (Å²) in [5.74, 6) is 0.662. The van der Waals surface area contributed by atoms with Crippen molar-refractivity contribution in [3.05, 3.63) is 59.4 Å². The molecule has 0 spiro atoms. The minimum absolute atomic E-state index is 0.124. The maximum atomic E-state index is 8.89. The van der Waals surface area contributed by atoms with Crippen LogP contribution in [0.2, 0.25) is 5.02 Å². The molecule has 24 heavy (non-hydrogen) atoms. The zero-order valence-electron chi connectivity index (χ0n) is 13.2. The van der Waals surface area contributed by atoms with Crippen molar-refractivity contribution in [1.29, 1.82) is 0 Å². The zero-order chi connectivity index (χ0) is 16.8. The highest BCUT2D eigenvalue weighted by molar-refractivity contribution is 6.31. The lowest BCUT2D eigenvalue weighted by Gasteiger charge is -2.20.